The first-order valence-corrected chi connectivity index (χ1v) is 11.3. The van der Waals surface area contributed by atoms with E-state index in [1.807, 2.05) is 42.5 Å². The highest BCUT2D eigenvalue weighted by molar-refractivity contribution is 6.06. The maximum Gasteiger partial charge on any atom is 0.203 e. The van der Waals surface area contributed by atoms with Gasteiger partial charge in [-0.25, -0.2) is 0 Å². The van der Waals surface area contributed by atoms with Gasteiger partial charge in [-0.3, -0.25) is 4.79 Å². The molecule has 0 atom stereocenters. The minimum absolute atomic E-state index is 0.207. The van der Waals surface area contributed by atoms with Gasteiger partial charge < -0.3 is 33.7 Å². The van der Waals surface area contributed by atoms with Crippen LogP contribution in [0.1, 0.15) is 21.5 Å². The molecular formula is C29H31NO7. The lowest BCUT2D eigenvalue weighted by atomic mass is 10.1. The van der Waals surface area contributed by atoms with Crippen molar-refractivity contribution in [1.29, 1.82) is 0 Å². The van der Waals surface area contributed by atoms with Gasteiger partial charge in [-0.1, -0.05) is 24.3 Å². The van der Waals surface area contributed by atoms with Crippen molar-refractivity contribution in [3.8, 4) is 34.5 Å². The topological polar surface area (TPSA) is 84.5 Å². The lowest BCUT2D eigenvalue weighted by molar-refractivity contribution is 0.104. The first-order valence-electron chi connectivity index (χ1n) is 11.3. The van der Waals surface area contributed by atoms with Crippen molar-refractivity contribution >= 4 is 23.6 Å². The Morgan fingerprint density at radius 3 is 1.89 bits per heavy atom. The zero-order valence-corrected chi connectivity index (χ0v) is 21.8. The van der Waals surface area contributed by atoms with Crippen LogP contribution in [-0.4, -0.2) is 48.4 Å². The normalized spacial score (nSPS) is 10.9. The molecule has 0 saturated heterocycles. The number of allylic oxidation sites excluding steroid dienone is 1. The van der Waals surface area contributed by atoms with E-state index in [1.165, 1.54) is 13.2 Å². The Hall–Kier alpha value is -4.59. The number of benzene rings is 3. The predicted molar refractivity (Wildman–Crippen MR) is 145 cm³/mol. The van der Waals surface area contributed by atoms with Crippen LogP contribution in [0.15, 0.2) is 60.8 Å². The van der Waals surface area contributed by atoms with Gasteiger partial charge in [0, 0.05) is 17.8 Å². The third-order valence-electron chi connectivity index (χ3n) is 5.56. The van der Waals surface area contributed by atoms with Crippen LogP contribution in [0, 0.1) is 0 Å². The van der Waals surface area contributed by atoms with Crippen LogP contribution in [0.3, 0.4) is 0 Å². The van der Waals surface area contributed by atoms with Gasteiger partial charge in [0.1, 0.15) is 5.75 Å². The molecule has 0 saturated carbocycles. The standard InChI is InChI=1S/C29H31NO7/c1-32-23-10-8-7-9-21(23)22(31)15-16-30-27-20(13-14-24(33-2)29(27)37-6)12-11-19-17-25(34-3)28(36-5)26(18-19)35-4/h7-18,30H,1-6H3. The molecule has 0 aromatic heterocycles. The van der Waals surface area contributed by atoms with Crippen molar-refractivity contribution in [2.45, 2.75) is 0 Å². The van der Waals surface area contributed by atoms with Crippen molar-refractivity contribution in [1.82, 2.24) is 0 Å². The summed E-state index contributed by atoms with van der Waals surface area (Å²) < 4.78 is 32.7. The van der Waals surface area contributed by atoms with Gasteiger partial charge in [-0.15, -0.1) is 0 Å². The van der Waals surface area contributed by atoms with Crippen molar-refractivity contribution < 1.29 is 33.2 Å². The van der Waals surface area contributed by atoms with E-state index in [1.54, 1.807) is 59.9 Å². The zero-order chi connectivity index (χ0) is 26.8. The summed E-state index contributed by atoms with van der Waals surface area (Å²) in [7, 11) is 9.35. The summed E-state index contributed by atoms with van der Waals surface area (Å²) in [6.45, 7) is 0. The molecule has 8 heteroatoms. The SMILES string of the molecule is COc1ccccc1C(=O)C=CNc1c(C=Cc2cc(OC)c(OC)c(OC)c2)ccc(OC)c1OC. The van der Waals surface area contributed by atoms with Crippen molar-refractivity contribution in [3.05, 3.63) is 77.5 Å². The molecular weight excluding hydrogens is 474 g/mol. The van der Waals surface area contributed by atoms with Crippen LogP contribution in [0.25, 0.3) is 12.2 Å². The Labute approximate surface area is 217 Å². The van der Waals surface area contributed by atoms with Gasteiger partial charge in [0.25, 0.3) is 0 Å². The summed E-state index contributed by atoms with van der Waals surface area (Å²) in [6.07, 6.45) is 6.80. The molecule has 0 bridgehead atoms. The fraction of sp³-hybridized carbons (Fsp3) is 0.207. The zero-order valence-electron chi connectivity index (χ0n) is 21.8. The molecule has 3 aromatic rings. The van der Waals surface area contributed by atoms with Crippen LogP contribution >= 0.6 is 0 Å². The molecule has 0 fully saturated rings. The number of para-hydroxylation sites is 1. The van der Waals surface area contributed by atoms with E-state index in [2.05, 4.69) is 5.32 Å². The fourth-order valence-electron chi connectivity index (χ4n) is 3.75. The number of anilines is 1. The molecule has 0 aliphatic carbocycles. The molecule has 0 spiro atoms. The molecule has 0 heterocycles. The maximum atomic E-state index is 12.8. The van der Waals surface area contributed by atoms with E-state index in [0.29, 0.717) is 45.7 Å². The maximum absolute atomic E-state index is 12.8. The lowest BCUT2D eigenvalue weighted by Crippen LogP contribution is -2.02. The fourth-order valence-corrected chi connectivity index (χ4v) is 3.75. The summed E-state index contributed by atoms with van der Waals surface area (Å²) in [5.41, 5.74) is 2.70. The average molecular weight is 506 g/mol. The monoisotopic (exact) mass is 505 g/mol. The number of carbonyl (C=O) groups excluding carboxylic acids is 1. The van der Waals surface area contributed by atoms with E-state index in [9.17, 15) is 4.79 Å². The Bertz CT molecular complexity index is 1270. The molecule has 0 radical (unpaired) electrons. The number of ketones is 1. The van der Waals surface area contributed by atoms with Crippen LogP contribution in [0.2, 0.25) is 0 Å². The molecule has 3 aromatic carbocycles. The molecule has 0 unspecified atom stereocenters. The summed E-state index contributed by atoms with van der Waals surface area (Å²) in [6, 6.07) is 14.4. The molecule has 0 aliphatic rings. The lowest BCUT2D eigenvalue weighted by Gasteiger charge is -2.15. The smallest absolute Gasteiger partial charge is 0.203 e. The average Bonchev–Trinajstić information content (AvgIpc) is 2.94. The van der Waals surface area contributed by atoms with E-state index in [-0.39, 0.29) is 5.78 Å². The van der Waals surface area contributed by atoms with Crippen molar-refractivity contribution in [2.75, 3.05) is 48.0 Å². The number of hydrogen-bond acceptors (Lipinski definition) is 8. The van der Waals surface area contributed by atoms with Crippen LogP contribution in [0.4, 0.5) is 5.69 Å². The number of methoxy groups -OCH3 is 6. The Morgan fingerprint density at radius 1 is 0.676 bits per heavy atom. The summed E-state index contributed by atoms with van der Waals surface area (Å²) in [5.74, 6) is 2.94. The second kappa shape index (κ2) is 12.9. The van der Waals surface area contributed by atoms with E-state index in [0.717, 1.165) is 11.1 Å². The molecule has 0 aliphatic heterocycles. The highest BCUT2D eigenvalue weighted by Crippen LogP contribution is 2.41. The summed E-state index contributed by atoms with van der Waals surface area (Å²) in [4.78, 5) is 12.8. The molecule has 37 heavy (non-hydrogen) atoms. The molecule has 8 nitrogen and oxygen atoms in total. The van der Waals surface area contributed by atoms with Crippen LogP contribution < -0.4 is 33.7 Å². The van der Waals surface area contributed by atoms with Crippen LogP contribution in [-0.2, 0) is 0 Å². The van der Waals surface area contributed by atoms with Crippen molar-refractivity contribution in [2.24, 2.45) is 0 Å². The Morgan fingerprint density at radius 2 is 1.30 bits per heavy atom. The third-order valence-corrected chi connectivity index (χ3v) is 5.56. The number of ether oxygens (including phenoxy) is 6. The number of nitrogens with one attached hydrogen (secondary N) is 1. The molecule has 0 amide bonds. The highest BCUT2D eigenvalue weighted by atomic mass is 16.5. The van der Waals surface area contributed by atoms with Crippen LogP contribution in [0.5, 0.6) is 34.5 Å². The second-order valence-corrected chi connectivity index (χ2v) is 7.60. The van der Waals surface area contributed by atoms with Gasteiger partial charge in [0.05, 0.1) is 53.9 Å². The third kappa shape index (κ3) is 6.16. The first kappa shape index (κ1) is 27.0. The quantitative estimate of drug-likeness (QED) is 0.190. The van der Waals surface area contributed by atoms with E-state index >= 15 is 0 Å². The number of carbonyl (C=O) groups is 1. The molecule has 1 N–H and O–H groups in total. The number of hydrogen-bond donors (Lipinski definition) is 1. The Kier molecular flexibility index (Phi) is 9.43. The van der Waals surface area contributed by atoms with Crippen molar-refractivity contribution in [3.63, 3.8) is 0 Å². The van der Waals surface area contributed by atoms with E-state index in [4.69, 9.17) is 28.4 Å². The second-order valence-electron chi connectivity index (χ2n) is 7.60. The molecule has 194 valence electrons. The minimum Gasteiger partial charge on any atom is -0.496 e. The largest absolute Gasteiger partial charge is 0.496 e. The predicted octanol–water partition coefficient (Wildman–Crippen LogP) is 5.72. The highest BCUT2D eigenvalue weighted by Gasteiger charge is 2.15. The summed E-state index contributed by atoms with van der Waals surface area (Å²) in [5, 5.41) is 3.18. The van der Waals surface area contributed by atoms with Gasteiger partial charge in [0.2, 0.25) is 5.75 Å². The van der Waals surface area contributed by atoms with Gasteiger partial charge in [0.15, 0.2) is 28.8 Å². The Balaban J connectivity index is 1.97. The van der Waals surface area contributed by atoms with Gasteiger partial charge >= 0.3 is 0 Å². The van der Waals surface area contributed by atoms with Gasteiger partial charge in [-0.05, 0) is 42.0 Å². The summed E-state index contributed by atoms with van der Waals surface area (Å²) >= 11 is 0. The molecule has 3 rings (SSSR count). The number of rotatable bonds is 12. The first-order chi connectivity index (χ1) is 18.0. The van der Waals surface area contributed by atoms with E-state index < -0.39 is 0 Å². The van der Waals surface area contributed by atoms with Gasteiger partial charge in [-0.2, -0.15) is 0 Å². The minimum atomic E-state index is -0.207.